The molecule has 2 unspecified atom stereocenters. The van der Waals surface area contributed by atoms with Gasteiger partial charge in [-0.15, -0.1) is 0 Å². The predicted octanol–water partition coefficient (Wildman–Crippen LogP) is 4.59. The molecule has 0 radical (unpaired) electrons. The summed E-state index contributed by atoms with van der Waals surface area (Å²) >= 11 is 0. The van der Waals surface area contributed by atoms with Crippen LogP contribution in [0, 0.1) is 0 Å². The number of fused-ring (bicyclic) bond motifs is 1. The standard InChI is InChI=1S/C36H44N6O3/c1-45-22-8-19-42-33-13-6-5-12-32(33)38-36(42)28-9-7-18-40(25-28)34(43)24-29(37)23-27-14-16-30(17-15-27)39-20-21-41(35(44)26-39)31-10-3-2-4-11-31/h2-6,10-17,28-29H,7-9,18-26,37H2,1H3. The van der Waals surface area contributed by atoms with Gasteiger partial charge in [0.15, 0.2) is 0 Å². The predicted molar refractivity (Wildman–Crippen MR) is 179 cm³/mol. The molecule has 9 heteroatoms. The number of ether oxygens (including phenoxy) is 1. The summed E-state index contributed by atoms with van der Waals surface area (Å²) in [6.45, 7) is 4.75. The summed E-state index contributed by atoms with van der Waals surface area (Å²) in [4.78, 5) is 37.3. The molecule has 2 N–H and O–H groups in total. The molecule has 2 saturated heterocycles. The van der Waals surface area contributed by atoms with E-state index < -0.39 is 0 Å². The topological polar surface area (TPSA) is 96.9 Å². The van der Waals surface area contributed by atoms with Crippen molar-refractivity contribution in [2.24, 2.45) is 5.73 Å². The zero-order valence-corrected chi connectivity index (χ0v) is 26.2. The van der Waals surface area contributed by atoms with Crippen LogP contribution in [0.2, 0.25) is 0 Å². The number of aryl methyl sites for hydroxylation is 1. The maximum Gasteiger partial charge on any atom is 0.246 e. The van der Waals surface area contributed by atoms with Crippen molar-refractivity contribution in [1.82, 2.24) is 14.5 Å². The number of nitrogens with zero attached hydrogens (tertiary/aromatic N) is 5. The van der Waals surface area contributed by atoms with Gasteiger partial charge in [-0.2, -0.15) is 0 Å². The zero-order chi connectivity index (χ0) is 31.2. The first-order valence-corrected chi connectivity index (χ1v) is 16.2. The normalized spacial score (nSPS) is 18.0. The number of anilines is 2. The van der Waals surface area contributed by atoms with Gasteiger partial charge in [0.1, 0.15) is 5.82 Å². The van der Waals surface area contributed by atoms with Gasteiger partial charge >= 0.3 is 0 Å². The molecule has 3 aromatic carbocycles. The summed E-state index contributed by atoms with van der Waals surface area (Å²) in [5.74, 6) is 1.47. The fourth-order valence-corrected chi connectivity index (χ4v) is 6.77. The average molecular weight is 609 g/mol. The van der Waals surface area contributed by atoms with E-state index in [1.807, 2.05) is 46.2 Å². The molecule has 6 rings (SSSR count). The zero-order valence-electron chi connectivity index (χ0n) is 26.2. The number of carbonyl (C=O) groups excluding carboxylic acids is 2. The molecular formula is C36H44N6O3. The third-order valence-corrected chi connectivity index (χ3v) is 9.08. The molecule has 4 aromatic rings. The summed E-state index contributed by atoms with van der Waals surface area (Å²) in [5.41, 5.74) is 11.7. The number of nitrogens with two attached hydrogens (primary N) is 1. The van der Waals surface area contributed by atoms with Crippen LogP contribution in [-0.2, 0) is 27.3 Å². The van der Waals surface area contributed by atoms with E-state index in [1.165, 1.54) is 0 Å². The summed E-state index contributed by atoms with van der Waals surface area (Å²) in [5, 5.41) is 0. The van der Waals surface area contributed by atoms with Crippen molar-refractivity contribution in [3.8, 4) is 0 Å². The van der Waals surface area contributed by atoms with Gasteiger partial charge in [0.25, 0.3) is 0 Å². The lowest BCUT2D eigenvalue weighted by molar-refractivity contribution is -0.132. The summed E-state index contributed by atoms with van der Waals surface area (Å²) in [6.07, 6.45) is 3.82. The van der Waals surface area contributed by atoms with Crippen molar-refractivity contribution in [2.75, 3.05) is 56.2 Å². The monoisotopic (exact) mass is 608 g/mol. The van der Waals surface area contributed by atoms with Crippen LogP contribution in [0.25, 0.3) is 11.0 Å². The fourth-order valence-electron chi connectivity index (χ4n) is 6.77. The van der Waals surface area contributed by atoms with Gasteiger partial charge in [-0.25, -0.2) is 4.98 Å². The number of likely N-dealkylation sites (tertiary alicyclic amines) is 1. The summed E-state index contributed by atoms with van der Waals surface area (Å²) < 4.78 is 7.63. The number of hydrogen-bond donors (Lipinski definition) is 1. The number of para-hydroxylation sites is 3. The Morgan fingerprint density at radius 2 is 1.76 bits per heavy atom. The molecule has 0 spiro atoms. The third-order valence-electron chi connectivity index (χ3n) is 9.08. The van der Waals surface area contributed by atoms with Gasteiger partial charge in [0, 0.05) is 76.2 Å². The Balaban J connectivity index is 1.03. The Bertz CT molecular complexity index is 1590. The van der Waals surface area contributed by atoms with E-state index in [1.54, 1.807) is 7.11 Å². The highest BCUT2D eigenvalue weighted by Crippen LogP contribution is 2.30. The lowest BCUT2D eigenvalue weighted by Crippen LogP contribution is -2.50. The number of piperidine rings is 1. The summed E-state index contributed by atoms with van der Waals surface area (Å²) in [6, 6.07) is 26.1. The maximum absolute atomic E-state index is 13.4. The Kier molecular flexibility index (Phi) is 9.76. The van der Waals surface area contributed by atoms with Crippen LogP contribution in [0.1, 0.15) is 43.0 Å². The highest BCUT2D eigenvalue weighted by atomic mass is 16.5. The van der Waals surface area contributed by atoms with E-state index in [0.29, 0.717) is 39.1 Å². The minimum absolute atomic E-state index is 0.0976. The van der Waals surface area contributed by atoms with E-state index in [9.17, 15) is 9.59 Å². The number of carbonyl (C=O) groups is 2. The molecular weight excluding hydrogens is 564 g/mol. The van der Waals surface area contributed by atoms with E-state index in [4.69, 9.17) is 15.5 Å². The maximum atomic E-state index is 13.4. The largest absolute Gasteiger partial charge is 0.385 e. The fraction of sp³-hybridized carbons (Fsp3) is 0.417. The molecule has 2 aliphatic rings. The van der Waals surface area contributed by atoms with Gasteiger partial charge < -0.3 is 29.7 Å². The van der Waals surface area contributed by atoms with Gasteiger partial charge in [-0.3, -0.25) is 9.59 Å². The number of rotatable bonds is 11. The van der Waals surface area contributed by atoms with Crippen LogP contribution in [0.15, 0.2) is 78.9 Å². The van der Waals surface area contributed by atoms with E-state index >= 15 is 0 Å². The van der Waals surface area contributed by atoms with Crippen LogP contribution in [0.4, 0.5) is 11.4 Å². The minimum atomic E-state index is -0.265. The molecule has 0 bridgehead atoms. The number of imidazole rings is 1. The molecule has 9 nitrogen and oxygen atoms in total. The third kappa shape index (κ3) is 7.21. The SMILES string of the molecule is COCCCn1c(C2CCCN(C(=O)CC(N)Cc3ccc(N4CCN(c5ccccc5)C(=O)C4)cc3)C2)nc2ccccc21. The number of methoxy groups -OCH3 is 1. The first-order valence-electron chi connectivity index (χ1n) is 16.2. The number of amides is 2. The van der Waals surface area contributed by atoms with Crippen molar-refractivity contribution < 1.29 is 14.3 Å². The van der Waals surface area contributed by atoms with E-state index in [2.05, 4.69) is 51.9 Å². The van der Waals surface area contributed by atoms with Crippen molar-refractivity contribution in [2.45, 2.75) is 50.6 Å². The first kappa shape index (κ1) is 30.8. The second-order valence-corrected chi connectivity index (χ2v) is 12.3. The second-order valence-electron chi connectivity index (χ2n) is 12.3. The van der Waals surface area contributed by atoms with Crippen LogP contribution < -0.4 is 15.5 Å². The van der Waals surface area contributed by atoms with Gasteiger partial charge in [0.05, 0.1) is 17.6 Å². The molecule has 45 heavy (non-hydrogen) atoms. The quantitative estimate of drug-likeness (QED) is 0.250. The highest BCUT2D eigenvalue weighted by molar-refractivity contribution is 5.97. The average Bonchev–Trinajstić information content (AvgIpc) is 3.44. The Morgan fingerprint density at radius 3 is 2.53 bits per heavy atom. The smallest absolute Gasteiger partial charge is 0.246 e. The molecule has 1 aromatic heterocycles. The second kappa shape index (κ2) is 14.3. The molecule has 236 valence electrons. The number of aromatic nitrogens is 2. The van der Waals surface area contributed by atoms with E-state index in [-0.39, 0.29) is 23.8 Å². The van der Waals surface area contributed by atoms with Gasteiger partial charge in [-0.1, -0.05) is 42.5 Å². The van der Waals surface area contributed by atoms with Crippen molar-refractivity contribution in [3.05, 3.63) is 90.3 Å². The van der Waals surface area contributed by atoms with Crippen LogP contribution >= 0.6 is 0 Å². The number of benzene rings is 3. The summed E-state index contributed by atoms with van der Waals surface area (Å²) in [7, 11) is 1.73. The van der Waals surface area contributed by atoms with Crippen molar-refractivity contribution >= 4 is 34.2 Å². The van der Waals surface area contributed by atoms with Crippen molar-refractivity contribution in [1.29, 1.82) is 0 Å². The van der Waals surface area contributed by atoms with Crippen LogP contribution in [-0.4, -0.2) is 78.7 Å². The van der Waals surface area contributed by atoms with E-state index in [0.717, 1.165) is 72.7 Å². The molecule has 2 amide bonds. The molecule has 2 fully saturated rings. The van der Waals surface area contributed by atoms with Gasteiger partial charge in [-0.05, 0) is 67.6 Å². The molecule has 2 aliphatic heterocycles. The van der Waals surface area contributed by atoms with Crippen molar-refractivity contribution in [3.63, 3.8) is 0 Å². The number of hydrogen-bond acceptors (Lipinski definition) is 6. The Morgan fingerprint density at radius 1 is 0.978 bits per heavy atom. The Labute approximate surface area is 265 Å². The van der Waals surface area contributed by atoms with Crippen LogP contribution in [0.5, 0.6) is 0 Å². The molecule has 0 saturated carbocycles. The number of piperazine rings is 1. The lowest BCUT2D eigenvalue weighted by Gasteiger charge is -2.35. The lowest BCUT2D eigenvalue weighted by atomic mass is 9.96. The highest BCUT2D eigenvalue weighted by Gasteiger charge is 2.29. The minimum Gasteiger partial charge on any atom is -0.385 e. The Hall–Kier alpha value is -4.21. The van der Waals surface area contributed by atoms with Crippen LogP contribution in [0.3, 0.4) is 0 Å². The van der Waals surface area contributed by atoms with Gasteiger partial charge in [0.2, 0.25) is 11.8 Å². The molecule has 3 heterocycles. The molecule has 0 aliphatic carbocycles. The first-order chi connectivity index (χ1) is 22.0. The molecule has 2 atom stereocenters.